The van der Waals surface area contributed by atoms with Crippen LogP contribution in [0.15, 0.2) is 42.6 Å². The number of amides is 1. The molecule has 29 heavy (non-hydrogen) atoms. The molecule has 2 N–H and O–H groups in total. The van der Waals surface area contributed by atoms with Gasteiger partial charge in [-0.2, -0.15) is 13.2 Å². The van der Waals surface area contributed by atoms with Crippen molar-refractivity contribution in [2.45, 2.75) is 19.0 Å². The van der Waals surface area contributed by atoms with E-state index in [1.807, 2.05) is 31.3 Å². The number of fused-ring (bicyclic) bond motifs is 1. The van der Waals surface area contributed by atoms with Crippen LogP contribution >= 0.6 is 0 Å². The number of aliphatic carboxylic acids is 1. The minimum atomic E-state index is -5.08. The molecule has 11 heteroatoms. The zero-order valence-electron chi connectivity index (χ0n) is 15.3. The summed E-state index contributed by atoms with van der Waals surface area (Å²) in [5.41, 5.74) is 3.28. The number of carbonyl (C=O) groups excluding carboxylic acids is 1. The van der Waals surface area contributed by atoms with Gasteiger partial charge < -0.3 is 10.4 Å². The molecule has 0 bridgehead atoms. The van der Waals surface area contributed by atoms with E-state index in [-0.39, 0.29) is 5.91 Å². The number of rotatable bonds is 5. The van der Waals surface area contributed by atoms with Gasteiger partial charge in [-0.15, -0.1) is 5.10 Å². The van der Waals surface area contributed by atoms with Gasteiger partial charge in [0.1, 0.15) is 5.52 Å². The molecule has 0 saturated heterocycles. The molecule has 0 fully saturated rings. The third kappa shape index (κ3) is 6.55. The van der Waals surface area contributed by atoms with Crippen LogP contribution in [0.4, 0.5) is 13.2 Å². The summed E-state index contributed by atoms with van der Waals surface area (Å²) in [5.74, 6) is -2.85. The molecular weight excluding hydrogens is 391 g/mol. The number of nitrogens with zero attached hydrogens (tertiary/aromatic N) is 4. The van der Waals surface area contributed by atoms with Crippen LogP contribution in [0.25, 0.3) is 11.0 Å². The van der Waals surface area contributed by atoms with Gasteiger partial charge in [-0.3, -0.25) is 9.78 Å². The number of alkyl halides is 3. The summed E-state index contributed by atoms with van der Waals surface area (Å²) in [5, 5.41) is 18.0. The molecule has 0 saturated carbocycles. The van der Waals surface area contributed by atoms with E-state index in [1.54, 1.807) is 23.0 Å². The van der Waals surface area contributed by atoms with Crippen molar-refractivity contribution in [3.63, 3.8) is 0 Å². The average Bonchev–Trinajstić information content (AvgIpc) is 3.06. The molecule has 3 aromatic rings. The Balaban J connectivity index is 0.000000370. The number of benzene rings is 1. The summed E-state index contributed by atoms with van der Waals surface area (Å²) in [6.07, 6.45) is -1.59. The first kappa shape index (κ1) is 21.8. The Morgan fingerprint density at radius 3 is 2.55 bits per heavy atom. The first-order chi connectivity index (χ1) is 13.7. The van der Waals surface area contributed by atoms with Crippen LogP contribution in [0.5, 0.6) is 0 Å². The first-order valence-corrected chi connectivity index (χ1v) is 8.46. The Labute approximate surface area is 163 Å². The van der Waals surface area contributed by atoms with Gasteiger partial charge >= 0.3 is 12.1 Å². The second kappa shape index (κ2) is 9.62. The van der Waals surface area contributed by atoms with Crippen molar-refractivity contribution >= 4 is 22.9 Å². The third-order valence-electron chi connectivity index (χ3n) is 3.74. The number of hydrogen-bond acceptors (Lipinski definition) is 5. The number of carbonyl (C=O) groups is 2. The molecule has 2 aromatic heterocycles. The minimum absolute atomic E-state index is 0.0893. The van der Waals surface area contributed by atoms with Crippen LogP contribution in [0, 0.1) is 0 Å². The Kier molecular flexibility index (Phi) is 7.23. The fraction of sp³-hybridized carbons (Fsp3) is 0.278. The minimum Gasteiger partial charge on any atom is -0.475 e. The van der Waals surface area contributed by atoms with Gasteiger partial charge in [-0.05, 0) is 43.2 Å². The fourth-order valence-electron chi connectivity index (χ4n) is 2.30. The number of carboxylic acid groups (broad SMARTS) is 1. The lowest BCUT2D eigenvalue weighted by Crippen LogP contribution is -2.24. The van der Waals surface area contributed by atoms with E-state index in [0.717, 1.165) is 29.6 Å². The summed E-state index contributed by atoms with van der Waals surface area (Å²) in [4.78, 5) is 25.3. The van der Waals surface area contributed by atoms with Crippen molar-refractivity contribution in [3.8, 4) is 0 Å². The van der Waals surface area contributed by atoms with Crippen molar-refractivity contribution < 1.29 is 27.9 Å². The highest BCUT2D eigenvalue weighted by Crippen LogP contribution is 2.13. The van der Waals surface area contributed by atoms with Gasteiger partial charge in [-0.25, -0.2) is 9.48 Å². The molecule has 0 radical (unpaired) electrons. The molecule has 1 aromatic carbocycles. The quantitative estimate of drug-likeness (QED) is 0.626. The maximum Gasteiger partial charge on any atom is 0.490 e. The van der Waals surface area contributed by atoms with Crippen molar-refractivity contribution in [2.75, 3.05) is 6.54 Å². The highest BCUT2D eigenvalue weighted by Gasteiger charge is 2.38. The number of aromatic nitrogens is 4. The number of hydrogen-bond donors (Lipinski definition) is 2. The Bertz CT molecular complexity index is 974. The summed E-state index contributed by atoms with van der Waals surface area (Å²) < 4.78 is 33.4. The van der Waals surface area contributed by atoms with Crippen LogP contribution in [-0.2, 0) is 18.3 Å². The highest BCUT2D eigenvalue weighted by atomic mass is 19.4. The van der Waals surface area contributed by atoms with Crippen LogP contribution in [0.1, 0.15) is 22.5 Å². The lowest BCUT2D eigenvalue weighted by molar-refractivity contribution is -0.192. The Morgan fingerprint density at radius 2 is 1.93 bits per heavy atom. The van der Waals surface area contributed by atoms with Gasteiger partial charge in [0, 0.05) is 31.0 Å². The molecule has 2 heterocycles. The SMILES string of the molecule is Cn1nnc2cc(C(=O)NCCCc3ccccn3)ccc21.O=C(O)C(F)(F)F. The summed E-state index contributed by atoms with van der Waals surface area (Å²) >= 11 is 0. The summed E-state index contributed by atoms with van der Waals surface area (Å²) in [6.45, 7) is 0.619. The van der Waals surface area contributed by atoms with Crippen molar-refractivity contribution in [1.82, 2.24) is 25.3 Å². The molecule has 0 aliphatic heterocycles. The Morgan fingerprint density at radius 1 is 1.21 bits per heavy atom. The van der Waals surface area contributed by atoms with Crippen LogP contribution in [0.2, 0.25) is 0 Å². The van der Waals surface area contributed by atoms with Gasteiger partial charge in [0.15, 0.2) is 0 Å². The number of carboxylic acids is 1. The smallest absolute Gasteiger partial charge is 0.475 e. The van der Waals surface area contributed by atoms with Gasteiger partial charge in [0.2, 0.25) is 0 Å². The van der Waals surface area contributed by atoms with Crippen LogP contribution < -0.4 is 5.32 Å². The van der Waals surface area contributed by atoms with E-state index in [9.17, 15) is 18.0 Å². The molecule has 0 aliphatic carbocycles. The molecule has 1 amide bonds. The van der Waals surface area contributed by atoms with E-state index >= 15 is 0 Å². The maximum absolute atomic E-state index is 12.1. The lowest BCUT2D eigenvalue weighted by Gasteiger charge is -2.05. The predicted molar refractivity (Wildman–Crippen MR) is 97.1 cm³/mol. The van der Waals surface area contributed by atoms with Gasteiger partial charge in [-0.1, -0.05) is 11.3 Å². The number of halogens is 3. The zero-order chi connectivity index (χ0) is 21.4. The van der Waals surface area contributed by atoms with E-state index in [4.69, 9.17) is 9.90 Å². The second-order valence-electron chi connectivity index (χ2n) is 5.90. The van der Waals surface area contributed by atoms with E-state index in [2.05, 4.69) is 20.6 Å². The van der Waals surface area contributed by atoms with Crippen molar-refractivity contribution in [3.05, 3.63) is 53.9 Å². The molecule has 0 spiro atoms. The average molecular weight is 409 g/mol. The monoisotopic (exact) mass is 409 g/mol. The number of pyridine rings is 1. The molecule has 8 nitrogen and oxygen atoms in total. The van der Waals surface area contributed by atoms with Gasteiger partial charge in [0.25, 0.3) is 5.91 Å². The fourth-order valence-corrected chi connectivity index (χ4v) is 2.30. The summed E-state index contributed by atoms with van der Waals surface area (Å²) in [6, 6.07) is 11.3. The zero-order valence-corrected chi connectivity index (χ0v) is 15.3. The summed E-state index contributed by atoms with van der Waals surface area (Å²) in [7, 11) is 1.83. The van der Waals surface area contributed by atoms with Crippen molar-refractivity contribution in [2.24, 2.45) is 7.05 Å². The molecule has 154 valence electrons. The van der Waals surface area contributed by atoms with Crippen molar-refractivity contribution in [1.29, 1.82) is 0 Å². The van der Waals surface area contributed by atoms with E-state index in [0.29, 0.717) is 12.1 Å². The van der Waals surface area contributed by atoms with E-state index < -0.39 is 12.1 Å². The standard InChI is InChI=1S/C16H17N5O.C2HF3O2/c1-21-15-8-7-12(11-14(15)19-20-21)16(22)18-10-4-6-13-5-2-3-9-17-13;3-2(4,5)1(6)7/h2-3,5,7-9,11H,4,6,10H2,1H3,(H,18,22);(H,6,7). The predicted octanol–water partition coefficient (Wildman–Crippen LogP) is 2.36. The largest absolute Gasteiger partial charge is 0.490 e. The van der Waals surface area contributed by atoms with E-state index in [1.165, 1.54) is 0 Å². The molecule has 0 unspecified atom stereocenters. The molecular formula is C18H18F3N5O3. The number of nitrogens with one attached hydrogen (secondary N) is 1. The van der Waals surface area contributed by atoms with Crippen LogP contribution in [-0.4, -0.2) is 49.7 Å². The lowest BCUT2D eigenvalue weighted by atomic mass is 10.1. The maximum atomic E-state index is 12.1. The number of aryl methyl sites for hydroxylation is 2. The first-order valence-electron chi connectivity index (χ1n) is 8.46. The molecule has 0 atom stereocenters. The third-order valence-corrected chi connectivity index (χ3v) is 3.74. The highest BCUT2D eigenvalue weighted by molar-refractivity contribution is 5.97. The van der Waals surface area contributed by atoms with Gasteiger partial charge in [0.05, 0.1) is 5.52 Å². The Hall–Kier alpha value is -3.50. The molecule has 0 aliphatic rings. The molecule has 3 rings (SSSR count). The topological polar surface area (TPSA) is 110 Å². The normalized spacial score (nSPS) is 10.9. The van der Waals surface area contributed by atoms with Crippen LogP contribution in [0.3, 0.4) is 0 Å². The second-order valence-corrected chi connectivity index (χ2v) is 5.90.